The highest BCUT2D eigenvalue weighted by Crippen LogP contribution is 2.67. The molecule has 25 heavy (non-hydrogen) atoms. The number of non-ortho nitro benzene ring substituents is 1. The zero-order valence-electron chi connectivity index (χ0n) is 14.5. The van der Waals surface area contributed by atoms with Crippen LogP contribution in [0.25, 0.3) is 0 Å². The van der Waals surface area contributed by atoms with Crippen molar-refractivity contribution in [3.8, 4) is 0 Å². The summed E-state index contributed by atoms with van der Waals surface area (Å²) in [5.41, 5.74) is 1.37. The molecule has 134 valence electrons. The highest BCUT2D eigenvalue weighted by atomic mass is 31.2. The lowest BCUT2D eigenvalue weighted by molar-refractivity contribution is -0.384. The topological polar surface area (TPSA) is 78.7 Å². The Kier molecular flexibility index (Phi) is 6.11. The molecular weight excluding hydrogens is 341 g/mol. The Bertz CT molecular complexity index is 753. The molecule has 0 aliphatic rings. The van der Waals surface area contributed by atoms with E-state index in [0.29, 0.717) is 5.56 Å². The largest absolute Gasteiger partial charge is 0.345 e. The molecule has 0 bridgehead atoms. The van der Waals surface area contributed by atoms with Crippen LogP contribution < -0.4 is 0 Å². The van der Waals surface area contributed by atoms with E-state index in [1.54, 1.807) is 32.9 Å². The van der Waals surface area contributed by atoms with E-state index in [2.05, 4.69) is 0 Å². The van der Waals surface area contributed by atoms with Crippen molar-refractivity contribution in [3.05, 3.63) is 75.8 Å². The zero-order valence-corrected chi connectivity index (χ0v) is 15.4. The molecule has 0 N–H and O–H groups in total. The van der Waals surface area contributed by atoms with Crippen LogP contribution in [0.3, 0.4) is 0 Å². The molecule has 0 aliphatic carbocycles. The average Bonchev–Trinajstić information content (AvgIpc) is 2.62. The van der Waals surface area contributed by atoms with Gasteiger partial charge in [0, 0.05) is 12.1 Å². The SMILES string of the molecule is CCOP(=O)(OCC)C(C)(c1ccccc1)c1ccc([N+](=O)[O-])cc1. The van der Waals surface area contributed by atoms with Crippen molar-refractivity contribution in [3.63, 3.8) is 0 Å². The Morgan fingerprint density at radius 3 is 1.88 bits per heavy atom. The third kappa shape index (κ3) is 3.66. The van der Waals surface area contributed by atoms with Crippen LogP contribution in [0, 0.1) is 10.1 Å². The molecule has 0 saturated carbocycles. The van der Waals surface area contributed by atoms with Crippen molar-refractivity contribution in [1.82, 2.24) is 0 Å². The van der Waals surface area contributed by atoms with E-state index in [0.717, 1.165) is 5.56 Å². The molecule has 1 unspecified atom stereocenters. The maximum absolute atomic E-state index is 13.7. The van der Waals surface area contributed by atoms with Gasteiger partial charge < -0.3 is 9.05 Å². The van der Waals surface area contributed by atoms with Crippen LogP contribution in [-0.2, 0) is 18.8 Å². The number of nitro groups is 1. The smallest absolute Gasteiger partial charge is 0.308 e. The van der Waals surface area contributed by atoms with Crippen LogP contribution in [-0.4, -0.2) is 18.1 Å². The van der Waals surface area contributed by atoms with Gasteiger partial charge in [0.25, 0.3) is 5.69 Å². The lowest BCUT2D eigenvalue weighted by Crippen LogP contribution is -2.26. The number of nitro benzene ring substituents is 1. The summed E-state index contributed by atoms with van der Waals surface area (Å²) >= 11 is 0. The minimum absolute atomic E-state index is 0.0261. The average molecular weight is 363 g/mol. The Morgan fingerprint density at radius 2 is 1.44 bits per heavy atom. The molecule has 2 rings (SSSR count). The van der Waals surface area contributed by atoms with Gasteiger partial charge >= 0.3 is 7.60 Å². The zero-order chi connectivity index (χ0) is 18.5. The predicted octanol–water partition coefficient (Wildman–Crippen LogP) is 5.12. The Morgan fingerprint density at radius 1 is 0.960 bits per heavy atom. The summed E-state index contributed by atoms with van der Waals surface area (Å²) in [6.45, 7) is 5.76. The molecule has 0 aliphatic heterocycles. The summed E-state index contributed by atoms with van der Waals surface area (Å²) in [4.78, 5) is 10.5. The summed E-state index contributed by atoms with van der Waals surface area (Å²) in [5.74, 6) is 0. The molecule has 0 aromatic heterocycles. The normalized spacial score (nSPS) is 14.0. The summed E-state index contributed by atoms with van der Waals surface area (Å²) < 4.78 is 24.9. The summed E-state index contributed by atoms with van der Waals surface area (Å²) in [6.07, 6.45) is 0. The van der Waals surface area contributed by atoms with Gasteiger partial charge in [0.1, 0.15) is 5.16 Å². The van der Waals surface area contributed by atoms with E-state index in [1.807, 2.05) is 30.3 Å². The number of nitrogens with zero attached hydrogens (tertiary/aromatic N) is 1. The molecule has 0 heterocycles. The van der Waals surface area contributed by atoms with E-state index in [4.69, 9.17) is 9.05 Å². The minimum Gasteiger partial charge on any atom is -0.308 e. The first-order valence-corrected chi connectivity index (χ1v) is 9.63. The third-order valence-electron chi connectivity index (χ3n) is 4.12. The highest BCUT2D eigenvalue weighted by Gasteiger charge is 2.49. The van der Waals surface area contributed by atoms with Crippen molar-refractivity contribution in [1.29, 1.82) is 0 Å². The van der Waals surface area contributed by atoms with Crippen molar-refractivity contribution >= 4 is 13.3 Å². The lowest BCUT2D eigenvalue weighted by atomic mass is 9.92. The number of rotatable bonds is 8. The van der Waals surface area contributed by atoms with E-state index < -0.39 is 17.7 Å². The Labute approximate surface area is 147 Å². The second-order valence-electron chi connectivity index (χ2n) is 5.58. The van der Waals surface area contributed by atoms with Crippen LogP contribution >= 0.6 is 7.60 Å². The van der Waals surface area contributed by atoms with Gasteiger partial charge in [-0.3, -0.25) is 14.7 Å². The fourth-order valence-electron chi connectivity index (χ4n) is 2.79. The van der Waals surface area contributed by atoms with Crippen LogP contribution in [0.4, 0.5) is 5.69 Å². The van der Waals surface area contributed by atoms with Crippen LogP contribution in [0.15, 0.2) is 54.6 Å². The molecule has 2 aromatic carbocycles. The number of hydrogen-bond donors (Lipinski definition) is 0. The van der Waals surface area contributed by atoms with Crippen molar-refractivity contribution in [2.24, 2.45) is 0 Å². The molecule has 6 nitrogen and oxygen atoms in total. The maximum atomic E-state index is 13.7. The van der Waals surface area contributed by atoms with Gasteiger partial charge in [0.05, 0.1) is 18.1 Å². The maximum Gasteiger partial charge on any atom is 0.345 e. The molecule has 0 fully saturated rings. The quantitative estimate of drug-likeness (QED) is 0.369. The second-order valence-corrected chi connectivity index (χ2v) is 7.98. The molecule has 0 radical (unpaired) electrons. The van der Waals surface area contributed by atoms with Crippen molar-refractivity contribution < 1.29 is 18.5 Å². The molecule has 0 spiro atoms. The van der Waals surface area contributed by atoms with Crippen LogP contribution in [0.2, 0.25) is 0 Å². The molecule has 7 heteroatoms. The monoisotopic (exact) mass is 363 g/mol. The molecule has 0 amide bonds. The van der Waals surface area contributed by atoms with Gasteiger partial charge in [-0.25, -0.2) is 0 Å². The first kappa shape index (κ1) is 19.3. The van der Waals surface area contributed by atoms with Crippen LogP contribution in [0.1, 0.15) is 31.9 Å². The number of benzene rings is 2. The first-order chi connectivity index (χ1) is 11.9. The Hall–Kier alpha value is -2.01. The summed E-state index contributed by atoms with van der Waals surface area (Å²) in [5, 5.41) is 9.85. The molecular formula is C18H22NO5P. The van der Waals surface area contributed by atoms with Gasteiger partial charge in [-0.2, -0.15) is 0 Å². The standard InChI is InChI=1S/C18H22NO5P/c1-4-23-25(22,24-5-2)18(3,15-9-7-6-8-10-15)16-11-13-17(14-12-16)19(20)21/h6-14H,4-5H2,1-3H3. The highest BCUT2D eigenvalue weighted by molar-refractivity contribution is 7.55. The fraction of sp³-hybridized carbons (Fsp3) is 0.333. The van der Waals surface area contributed by atoms with Gasteiger partial charge in [0.2, 0.25) is 0 Å². The lowest BCUT2D eigenvalue weighted by Gasteiger charge is -2.36. The Balaban J connectivity index is 2.68. The first-order valence-electron chi connectivity index (χ1n) is 8.08. The second kappa shape index (κ2) is 7.91. The minimum atomic E-state index is -3.59. The summed E-state index contributed by atoms with van der Waals surface area (Å²) in [7, 11) is -3.59. The van der Waals surface area contributed by atoms with Gasteiger partial charge in [0.15, 0.2) is 0 Å². The summed E-state index contributed by atoms with van der Waals surface area (Å²) in [6, 6.07) is 15.3. The van der Waals surface area contributed by atoms with Gasteiger partial charge in [-0.15, -0.1) is 0 Å². The van der Waals surface area contributed by atoms with Crippen molar-refractivity contribution in [2.45, 2.75) is 25.9 Å². The predicted molar refractivity (Wildman–Crippen MR) is 96.9 cm³/mol. The van der Waals surface area contributed by atoms with E-state index >= 15 is 0 Å². The van der Waals surface area contributed by atoms with E-state index in [9.17, 15) is 14.7 Å². The number of hydrogen-bond acceptors (Lipinski definition) is 5. The third-order valence-corrected chi connectivity index (χ3v) is 6.93. The molecule has 2 aromatic rings. The van der Waals surface area contributed by atoms with E-state index in [1.165, 1.54) is 12.1 Å². The van der Waals surface area contributed by atoms with Crippen molar-refractivity contribution in [2.75, 3.05) is 13.2 Å². The van der Waals surface area contributed by atoms with E-state index in [-0.39, 0.29) is 18.9 Å². The van der Waals surface area contributed by atoms with Crippen LogP contribution in [0.5, 0.6) is 0 Å². The van der Waals surface area contributed by atoms with Gasteiger partial charge in [-0.05, 0) is 31.9 Å². The molecule has 0 saturated heterocycles. The van der Waals surface area contributed by atoms with Gasteiger partial charge in [-0.1, -0.05) is 42.5 Å². The fourth-order valence-corrected chi connectivity index (χ4v) is 4.99. The molecule has 1 atom stereocenters.